The summed E-state index contributed by atoms with van der Waals surface area (Å²) in [4.78, 5) is 13.6. The quantitative estimate of drug-likeness (QED) is 0.700. The number of hydrogen-bond donors (Lipinski definition) is 0. The molecule has 1 aliphatic heterocycles. The van der Waals surface area contributed by atoms with Crippen LogP contribution in [0.15, 0.2) is 0 Å². The van der Waals surface area contributed by atoms with Gasteiger partial charge in [-0.2, -0.15) is 5.26 Å². The van der Waals surface area contributed by atoms with E-state index in [9.17, 15) is 4.79 Å². The van der Waals surface area contributed by atoms with Crippen molar-refractivity contribution in [3.8, 4) is 6.07 Å². The van der Waals surface area contributed by atoms with Gasteiger partial charge in [-0.1, -0.05) is 13.3 Å². The first-order chi connectivity index (χ1) is 7.22. The van der Waals surface area contributed by atoms with E-state index in [0.29, 0.717) is 13.0 Å². The molecule has 1 aliphatic rings. The standard InChI is InChI=1S/C11H18N2O2/c1-3-4-9(7-12)11(14)13-6-5-10(8-13)15-2/h9-10H,3-6,8H2,1-2H3. The minimum atomic E-state index is -0.467. The van der Waals surface area contributed by atoms with Gasteiger partial charge in [0.05, 0.1) is 12.2 Å². The summed E-state index contributed by atoms with van der Waals surface area (Å²) in [6, 6.07) is 2.08. The van der Waals surface area contributed by atoms with Crippen LogP contribution in [0.3, 0.4) is 0 Å². The molecule has 2 unspecified atom stereocenters. The maximum atomic E-state index is 11.9. The van der Waals surface area contributed by atoms with Gasteiger partial charge in [-0.3, -0.25) is 4.79 Å². The second kappa shape index (κ2) is 5.72. The zero-order valence-electron chi connectivity index (χ0n) is 9.40. The van der Waals surface area contributed by atoms with Crippen LogP contribution in [0.4, 0.5) is 0 Å². The van der Waals surface area contributed by atoms with Crippen LogP contribution in [0.2, 0.25) is 0 Å². The zero-order valence-corrected chi connectivity index (χ0v) is 9.40. The molecule has 1 rings (SSSR count). The number of rotatable bonds is 4. The molecule has 84 valence electrons. The van der Waals surface area contributed by atoms with E-state index in [4.69, 9.17) is 10.00 Å². The van der Waals surface area contributed by atoms with Gasteiger partial charge in [-0.15, -0.1) is 0 Å². The molecule has 0 saturated carbocycles. The average molecular weight is 210 g/mol. The first-order valence-corrected chi connectivity index (χ1v) is 5.44. The predicted octanol–water partition coefficient (Wildman–Crippen LogP) is 1.17. The van der Waals surface area contributed by atoms with Crippen LogP contribution in [0.1, 0.15) is 26.2 Å². The van der Waals surface area contributed by atoms with Gasteiger partial charge in [-0.05, 0) is 12.8 Å². The summed E-state index contributed by atoms with van der Waals surface area (Å²) < 4.78 is 5.19. The van der Waals surface area contributed by atoms with Crippen molar-refractivity contribution in [2.75, 3.05) is 20.2 Å². The van der Waals surface area contributed by atoms with E-state index >= 15 is 0 Å². The molecule has 1 fully saturated rings. The number of carbonyl (C=O) groups is 1. The Morgan fingerprint density at radius 3 is 2.93 bits per heavy atom. The maximum absolute atomic E-state index is 11.9. The van der Waals surface area contributed by atoms with Gasteiger partial charge in [0.1, 0.15) is 5.92 Å². The molecule has 4 nitrogen and oxygen atoms in total. The number of ether oxygens (including phenoxy) is 1. The van der Waals surface area contributed by atoms with Crippen molar-refractivity contribution in [2.45, 2.75) is 32.3 Å². The molecule has 2 atom stereocenters. The van der Waals surface area contributed by atoms with Crippen LogP contribution in [-0.2, 0) is 9.53 Å². The summed E-state index contributed by atoms with van der Waals surface area (Å²) in [6.45, 7) is 3.34. The van der Waals surface area contributed by atoms with Gasteiger partial charge in [0.25, 0.3) is 0 Å². The lowest BCUT2D eigenvalue weighted by Crippen LogP contribution is -2.34. The van der Waals surface area contributed by atoms with E-state index in [1.165, 1.54) is 0 Å². The molecule has 1 amide bonds. The Bertz CT molecular complexity index is 260. The highest BCUT2D eigenvalue weighted by molar-refractivity contribution is 5.81. The molecule has 4 heteroatoms. The molecular weight excluding hydrogens is 192 g/mol. The molecule has 0 radical (unpaired) electrons. The molecule has 0 aromatic heterocycles. The fraction of sp³-hybridized carbons (Fsp3) is 0.818. The van der Waals surface area contributed by atoms with Crippen LogP contribution in [-0.4, -0.2) is 37.1 Å². The fourth-order valence-corrected chi connectivity index (χ4v) is 1.87. The zero-order chi connectivity index (χ0) is 11.3. The monoisotopic (exact) mass is 210 g/mol. The smallest absolute Gasteiger partial charge is 0.240 e. The van der Waals surface area contributed by atoms with Crippen molar-refractivity contribution in [1.29, 1.82) is 5.26 Å². The first-order valence-electron chi connectivity index (χ1n) is 5.44. The van der Waals surface area contributed by atoms with Gasteiger partial charge in [0, 0.05) is 20.2 Å². The molecule has 0 N–H and O–H groups in total. The predicted molar refractivity (Wildman–Crippen MR) is 56.0 cm³/mol. The van der Waals surface area contributed by atoms with E-state index in [0.717, 1.165) is 19.4 Å². The van der Waals surface area contributed by atoms with E-state index in [1.54, 1.807) is 12.0 Å². The third kappa shape index (κ3) is 2.93. The van der Waals surface area contributed by atoms with Crippen LogP contribution >= 0.6 is 0 Å². The highest BCUT2D eigenvalue weighted by Crippen LogP contribution is 2.17. The van der Waals surface area contributed by atoms with Gasteiger partial charge >= 0.3 is 0 Å². The van der Waals surface area contributed by atoms with Gasteiger partial charge < -0.3 is 9.64 Å². The van der Waals surface area contributed by atoms with E-state index in [2.05, 4.69) is 6.07 Å². The second-order valence-electron chi connectivity index (χ2n) is 3.90. The summed E-state index contributed by atoms with van der Waals surface area (Å²) in [5.74, 6) is -0.496. The van der Waals surface area contributed by atoms with Gasteiger partial charge in [-0.25, -0.2) is 0 Å². The summed E-state index contributed by atoms with van der Waals surface area (Å²) in [5.41, 5.74) is 0. The molecule has 0 bridgehead atoms. The molecule has 0 aromatic rings. The fourth-order valence-electron chi connectivity index (χ4n) is 1.87. The van der Waals surface area contributed by atoms with Crippen molar-refractivity contribution in [1.82, 2.24) is 4.90 Å². The Morgan fingerprint density at radius 1 is 1.73 bits per heavy atom. The Balaban J connectivity index is 2.50. The maximum Gasteiger partial charge on any atom is 0.240 e. The van der Waals surface area contributed by atoms with Gasteiger partial charge in [0.2, 0.25) is 5.91 Å². The Morgan fingerprint density at radius 2 is 2.47 bits per heavy atom. The van der Waals surface area contributed by atoms with Crippen molar-refractivity contribution in [3.63, 3.8) is 0 Å². The van der Waals surface area contributed by atoms with E-state index in [1.807, 2.05) is 6.92 Å². The number of methoxy groups -OCH3 is 1. The second-order valence-corrected chi connectivity index (χ2v) is 3.90. The number of nitrogens with zero attached hydrogens (tertiary/aromatic N) is 2. The topological polar surface area (TPSA) is 53.3 Å². The number of amides is 1. The Labute approximate surface area is 90.8 Å². The van der Waals surface area contributed by atoms with E-state index < -0.39 is 5.92 Å². The summed E-state index contributed by atoms with van der Waals surface area (Å²) in [6.07, 6.45) is 2.55. The third-order valence-corrected chi connectivity index (χ3v) is 2.82. The number of hydrogen-bond acceptors (Lipinski definition) is 3. The molecule has 0 aromatic carbocycles. The number of nitriles is 1. The number of carbonyl (C=O) groups excluding carboxylic acids is 1. The van der Waals surface area contributed by atoms with Gasteiger partial charge in [0.15, 0.2) is 0 Å². The van der Waals surface area contributed by atoms with Crippen molar-refractivity contribution < 1.29 is 9.53 Å². The SMILES string of the molecule is CCCC(C#N)C(=O)N1CCC(OC)C1. The summed E-state index contributed by atoms with van der Waals surface area (Å²) in [5, 5.41) is 8.88. The number of likely N-dealkylation sites (tertiary alicyclic amines) is 1. The molecular formula is C11H18N2O2. The lowest BCUT2D eigenvalue weighted by Gasteiger charge is -2.18. The van der Waals surface area contributed by atoms with Crippen molar-refractivity contribution >= 4 is 5.91 Å². The highest BCUT2D eigenvalue weighted by atomic mass is 16.5. The lowest BCUT2D eigenvalue weighted by molar-refractivity contribution is -0.133. The minimum Gasteiger partial charge on any atom is -0.380 e. The largest absolute Gasteiger partial charge is 0.380 e. The molecule has 1 heterocycles. The molecule has 0 spiro atoms. The van der Waals surface area contributed by atoms with Crippen molar-refractivity contribution in [3.05, 3.63) is 0 Å². The molecule has 1 saturated heterocycles. The first kappa shape index (κ1) is 12.0. The molecule has 15 heavy (non-hydrogen) atoms. The Kier molecular flexibility index (Phi) is 4.57. The summed E-state index contributed by atoms with van der Waals surface area (Å²) >= 11 is 0. The van der Waals surface area contributed by atoms with Crippen LogP contribution in [0.5, 0.6) is 0 Å². The highest BCUT2D eigenvalue weighted by Gasteiger charge is 2.30. The lowest BCUT2D eigenvalue weighted by atomic mass is 10.0. The van der Waals surface area contributed by atoms with Crippen LogP contribution < -0.4 is 0 Å². The normalized spacial score (nSPS) is 22.5. The molecule has 0 aliphatic carbocycles. The van der Waals surface area contributed by atoms with E-state index in [-0.39, 0.29) is 12.0 Å². The third-order valence-electron chi connectivity index (χ3n) is 2.82. The van der Waals surface area contributed by atoms with Crippen LogP contribution in [0.25, 0.3) is 0 Å². The minimum absolute atomic E-state index is 0.0288. The Hall–Kier alpha value is -1.08. The van der Waals surface area contributed by atoms with Crippen molar-refractivity contribution in [2.24, 2.45) is 5.92 Å². The summed E-state index contributed by atoms with van der Waals surface area (Å²) in [7, 11) is 1.66. The van der Waals surface area contributed by atoms with Crippen LogP contribution in [0, 0.1) is 17.2 Å². The average Bonchev–Trinajstić information content (AvgIpc) is 2.73.